The Labute approximate surface area is 114 Å². The van der Waals surface area contributed by atoms with Gasteiger partial charge in [-0.05, 0) is 12.8 Å². The summed E-state index contributed by atoms with van der Waals surface area (Å²) in [5.41, 5.74) is 2.98. The van der Waals surface area contributed by atoms with E-state index in [0.717, 1.165) is 24.7 Å². The largest absolute Gasteiger partial charge is 0.356 e. The summed E-state index contributed by atoms with van der Waals surface area (Å²) in [5, 5.41) is 6.70. The van der Waals surface area contributed by atoms with E-state index in [9.17, 15) is 0 Å². The monoisotopic (exact) mass is 268 g/mol. The number of aliphatic imine (C=N–C) groups is 1. The van der Waals surface area contributed by atoms with E-state index >= 15 is 0 Å². The molecule has 0 aliphatic carbocycles. The Morgan fingerprint density at radius 3 is 2.61 bits per heavy atom. The van der Waals surface area contributed by atoms with Gasteiger partial charge < -0.3 is 10.6 Å². The summed E-state index contributed by atoms with van der Waals surface area (Å²) >= 11 is 1.68. The predicted molar refractivity (Wildman–Crippen MR) is 79.1 cm³/mol. The average Bonchev–Trinajstić information content (AvgIpc) is 2.80. The Kier molecular flexibility index (Phi) is 6.72. The fourth-order valence-corrected chi connectivity index (χ4v) is 2.42. The molecular weight excluding hydrogens is 244 g/mol. The zero-order valence-electron chi connectivity index (χ0n) is 11.8. The van der Waals surface area contributed by atoms with Crippen molar-refractivity contribution >= 4 is 17.3 Å². The van der Waals surface area contributed by atoms with E-state index in [4.69, 9.17) is 0 Å². The lowest BCUT2D eigenvalue weighted by Gasteiger charge is -2.16. The molecule has 0 aliphatic rings. The van der Waals surface area contributed by atoms with Crippen LogP contribution in [0.25, 0.3) is 0 Å². The van der Waals surface area contributed by atoms with Crippen LogP contribution in [0.4, 0.5) is 0 Å². The first kappa shape index (κ1) is 15.0. The van der Waals surface area contributed by atoms with Crippen LogP contribution in [0.5, 0.6) is 0 Å². The van der Waals surface area contributed by atoms with Crippen LogP contribution in [0, 0.1) is 12.8 Å². The third kappa shape index (κ3) is 4.64. The lowest BCUT2D eigenvalue weighted by Crippen LogP contribution is -2.39. The lowest BCUT2D eigenvalue weighted by atomic mass is 10.0. The summed E-state index contributed by atoms with van der Waals surface area (Å²) in [6, 6.07) is 0. The van der Waals surface area contributed by atoms with Gasteiger partial charge in [-0.1, -0.05) is 26.7 Å². The van der Waals surface area contributed by atoms with Crippen LogP contribution in [0.1, 0.15) is 37.3 Å². The lowest BCUT2D eigenvalue weighted by molar-refractivity contribution is 0.481. The molecule has 0 fully saturated rings. The van der Waals surface area contributed by atoms with Gasteiger partial charge in [0.15, 0.2) is 5.96 Å². The molecule has 18 heavy (non-hydrogen) atoms. The predicted octanol–water partition coefficient (Wildman–Crippen LogP) is 2.55. The van der Waals surface area contributed by atoms with Crippen LogP contribution in [-0.4, -0.2) is 24.5 Å². The Bertz CT molecular complexity index is 369. The fourth-order valence-electron chi connectivity index (χ4n) is 1.70. The summed E-state index contributed by atoms with van der Waals surface area (Å²) in [5.74, 6) is 1.59. The summed E-state index contributed by atoms with van der Waals surface area (Å²) in [6.07, 6.45) is 2.41. The van der Waals surface area contributed by atoms with E-state index < -0.39 is 0 Å². The van der Waals surface area contributed by atoms with Crippen LogP contribution in [0.15, 0.2) is 10.5 Å². The van der Waals surface area contributed by atoms with Crippen LogP contribution >= 0.6 is 11.3 Å². The summed E-state index contributed by atoms with van der Waals surface area (Å²) in [6.45, 7) is 8.26. The molecule has 0 saturated heterocycles. The van der Waals surface area contributed by atoms with Crippen LogP contribution in [0.2, 0.25) is 0 Å². The molecule has 1 aromatic rings. The fraction of sp³-hybridized carbons (Fsp3) is 0.692. The van der Waals surface area contributed by atoms with E-state index in [1.54, 1.807) is 11.3 Å². The smallest absolute Gasteiger partial charge is 0.191 e. The van der Waals surface area contributed by atoms with Gasteiger partial charge >= 0.3 is 0 Å². The summed E-state index contributed by atoms with van der Waals surface area (Å²) < 4.78 is 0. The van der Waals surface area contributed by atoms with E-state index in [1.807, 2.05) is 19.5 Å². The molecule has 2 N–H and O–H groups in total. The Morgan fingerprint density at radius 1 is 1.39 bits per heavy atom. The molecule has 5 heteroatoms. The number of nitrogens with zero attached hydrogens (tertiary/aromatic N) is 2. The number of hydrogen-bond acceptors (Lipinski definition) is 3. The topological polar surface area (TPSA) is 49.3 Å². The minimum atomic E-state index is 0.716. The molecule has 0 amide bonds. The second-order valence-corrected chi connectivity index (χ2v) is 5.29. The van der Waals surface area contributed by atoms with E-state index in [-0.39, 0.29) is 0 Å². The molecule has 4 nitrogen and oxygen atoms in total. The molecule has 0 aromatic carbocycles. The quantitative estimate of drug-likeness (QED) is 0.616. The van der Waals surface area contributed by atoms with Crippen molar-refractivity contribution in [2.45, 2.75) is 40.2 Å². The van der Waals surface area contributed by atoms with E-state index in [0.29, 0.717) is 5.92 Å². The van der Waals surface area contributed by atoms with Crippen molar-refractivity contribution in [3.63, 3.8) is 0 Å². The maximum Gasteiger partial charge on any atom is 0.191 e. The molecule has 0 atom stereocenters. The molecule has 0 unspecified atom stereocenters. The minimum absolute atomic E-state index is 0.716. The first-order valence-electron chi connectivity index (χ1n) is 6.54. The van der Waals surface area contributed by atoms with Gasteiger partial charge in [-0.2, -0.15) is 0 Å². The number of hydrogen-bond donors (Lipinski definition) is 2. The number of aryl methyl sites for hydroxylation is 1. The van der Waals surface area contributed by atoms with Gasteiger partial charge in [0, 0.05) is 18.5 Å². The molecule has 1 rings (SSSR count). The van der Waals surface area contributed by atoms with Gasteiger partial charge in [0.1, 0.15) is 0 Å². The van der Waals surface area contributed by atoms with Crippen LogP contribution in [-0.2, 0) is 6.54 Å². The van der Waals surface area contributed by atoms with E-state index in [2.05, 4.69) is 34.5 Å². The van der Waals surface area contributed by atoms with Gasteiger partial charge in [0.05, 0.1) is 17.7 Å². The van der Waals surface area contributed by atoms with Gasteiger partial charge in [0.2, 0.25) is 0 Å². The third-order valence-corrected chi connectivity index (χ3v) is 4.13. The van der Waals surface area contributed by atoms with Crippen molar-refractivity contribution < 1.29 is 0 Å². The average molecular weight is 268 g/mol. The second kappa shape index (κ2) is 8.08. The third-order valence-electron chi connectivity index (χ3n) is 3.20. The molecule has 102 valence electrons. The molecule has 1 heterocycles. The molecular formula is C13H24N4S. The van der Waals surface area contributed by atoms with Crippen LogP contribution < -0.4 is 10.6 Å². The van der Waals surface area contributed by atoms with Gasteiger partial charge in [-0.25, -0.2) is 4.98 Å². The second-order valence-electron chi connectivity index (χ2n) is 4.35. The summed E-state index contributed by atoms with van der Waals surface area (Å²) in [7, 11) is 1.81. The van der Waals surface area contributed by atoms with Gasteiger partial charge in [0.25, 0.3) is 0 Å². The number of guanidine groups is 1. The molecule has 0 saturated carbocycles. The number of rotatable bonds is 6. The Morgan fingerprint density at radius 2 is 2.11 bits per heavy atom. The number of aromatic nitrogens is 1. The zero-order chi connectivity index (χ0) is 13.4. The maximum absolute atomic E-state index is 4.24. The van der Waals surface area contributed by atoms with Gasteiger partial charge in [-0.15, -0.1) is 11.3 Å². The minimum Gasteiger partial charge on any atom is -0.356 e. The standard InChI is InChI=1S/C13H24N4S/c1-5-11(6-2)7-15-13(14-4)16-8-12-10(3)17-9-18-12/h9,11H,5-8H2,1-4H3,(H2,14,15,16). The van der Waals surface area contributed by atoms with Crippen LogP contribution in [0.3, 0.4) is 0 Å². The van der Waals surface area contributed by atoms with E-state index in [1.165, 1.54) is 17.7 Å². The highest BCUT2D eigenvalue weighted by Crippen LogP contribution is 2.11. The van der Waals surface area contributed by atoms with Crippen molar-refractivity contribution in [2.24, 2.45) is 10.9 Å². The molecule has 0 aliphatic heterocycles. The number of thiazole rings is 1. The van der Waals surface area contributed by atoms with Crippen molar-refractivity contribution in [2.75, 3.05) is 13.6 Å². The summed E-state index contributed by atoms with van der Waals surface area (Å²) in [4.78, 5) is 9.74. The van der Waals surface area contributed by atoms with Crippen molar-refractivity contribution in [3.8, 4) is 0 Å². The first-order valence-corrected chi connectivity index (χ1v) is 7.42. The SMILES string of the molecule is CCC(CC)CNC(=NC)NCc1scnc1C. The van der Waals surface area contributed by atoms with Crippen molar-refractivity contribution in [3.05, 3.63) is 16.1 Å². The Balaban J connectivity index is 2.37. The Hall–Kier alpha value is -1.10. The van der Waals surface area contributed by atoms with Crippen molar-refractivity contribution in [1.82, 2.24) is 15.6 Å². The number of nitrogens with one attached hydrogen (secondary N) is 2. The molecule has 0 spiro atoms. The van der Waals surface area contributed by atoms with Gasteiger partial charge in [-0.3, -0.25) is 4.99 Å². The highest BCUT2D eigenvalue weighted by Gasteiger charge is 2.06. The molecule has 0 bridgehead atoms. The normalized spacial score (nSPS) is 11.9. The first-order chi connectivity index (χ1) is 8.71. The van der Waals surface area contributed by atoms with Crippen molar-refractivity contribution in [1.29, 1.82) is 0 Å². The molecule has 1 aromatic heterocycles. The highest BCUT2D eigenvalue weighted by molar-refractivity contribution is 7.09. The molecule has 0 radical (unpaired) electrons. The highest BCUT2D eigenvalue weighted by atomic mass is 32.1. The maximum atomic E-state index is 4.24. The zero-order valence-corrected chi connectivity index (χ0v) is 12.6.